The highest BCUT2D eigenvalue weighted by Gasteiger charge is 2.33. The van der Waals surface area contributed by atoms with Gasteiger partial charge in [0.05, 0.1) is 12.2 Å². The van der Waals surface area contributed by atoms with Gasteiger partial charge in [-0.1, -0.05) is 30.5 Å². The van der Waals surface area contributed by atoms with Crippen LogP contribution in [0.25, 0.3) is 0 Å². The fourth-order valence-electron chi connectivity index (χ4n) is 3.73. The van der Waals surface area contributed by atoms with Crippen LogP contribution in [0.5, 0.6) is 0 Å². The third-order valence-electron chi connectivity index (χ3n) is 4.85. The number of rotatable bonds is 2. The molecule has 2 aromatic rings. The first-order valence-corrected chi connectivity index (χ1v) is 8.33. The molecule has 23 heavy (non-hydrogen) atoms. The number of nitrogens with one attached hydrogen (secondary N) is 1. The number of hydrogen-bond acceptors (Lipinski definition) is 2. The summed E-state index contributed by atoms with van der Waals surface area (Å²) in [5, 5.41) is 7.83. The summed E-state index contributed by atoms with van der Waals surface area (Å²) >= 11 is 6.21. The molecule has 0 radical (unpaired) electrons. The van der Waals surface area contributed by atoms with Crippen molar-refractivity contribution in [2.45, 2.75) is 44.1 Å². The molecule has 4 rings (SSSR count). The third-order valence-corrected chi connectivity index (χ3v) is 5.18. The van der Waals surface area contributed by atoms with Crippen molar-refractivity contribution in [3.8, 4) is 0 Å². The molecule has 1 fully saturated rings. The fraction of sp³-hybridized carbons (Fsp3) is 0.412. The Balaban J connectivity index is 1.78. The van der Waals surface area contributed by atoms with E-state index in [-0.39, 0.29) is 17.6 Å². The zero-order valence-electron chi connectivity index (χ0n) is 12.6. The zero-order valence-corrected chi connectivity index (χ0v) is 13.3. The van der Waals surface area contributed by atoms with Crippen LogP contribution in [0.1, 0.15) is 55.2 Å². The number of hydrogen-bond donors (Lipinski definition) is 1. The largest absolute Gasteiger partial charge is 0.311 e. The van der Waals surface area contributed by atoms with Crippen LogP contribution >= 0.6 is 11.6 Å². The molecule has 1 amide bonds. The Morgan fingerprint density at radius 3 is 2.78 bits per heavy atom. The quantitative estimate of drug-likeness (QED) is 0.892. The molecule has 0 saturated heterocycles. The lowest BCUT2D eigenvalue weighted by molar-refractivity contribution is -0.116. The van der Waals surface area contributed by atoms with Gasteiger partial charge in [-0.05, 0) is 30.5 Å². The second-order valence-electron chi connectivity index (χ2n) is 6.30. The normalized spacial score (nSPS) is 21.3. The first-order valence-electron chi connectivity index (χ1n) is 7.95. The zero-order chi connectivity index (χ0) is 16.0. The van der Waals surface area contributed by atoms with Gasteiger partial charge in [0.15, 0.2) is 0 Å². The first kappa shape index (κ1) is 14.7. The lowest BCUT2D eigenvalue weighted by atomic mass is 9.87. The van der Waals surface area contributed by atoms with Crippen LogP contribution in [0, 0.1) is 5.82 Å². The summed E-state index contributed by atoms with van der Waals surface area (Å²) < 4.78 is 15.3. The van der Waals surface area contributed by atoms with Crippen molar-refractivity contribution in [1.29, 1.82) is 0 Å². The van der Waals surface area contributed by atoms with Crippen LogP contribution in [0.3, 0.4) is 0 Å². The Bertz CT molecular complexity index is 767. The van der Waals surface area contributed by atoms with Crippen molar-refractivity contribution in [3.05, 3.63) is 46.4 Å². The minimum Gasteiger partial charge on any atom is -0.311 e. The number of aromatic nitrogens is 2. The van der Waals surface area contributed by atoms with Gasteiger partial charge >= 0.3 is 0 Å². The summed E-state index contributed by atoms with van der Waals surface area (Å²) in [5.41, 5.74) is 1.74. The van der Waals surface area contributed by atoms with Crippen molar-refractivity contribution in [3.63, 3.8) is 0 Å². The lowest BCUT2D eigenvalue weighted by Gasteiger charge is -2.25. The molecule has 4 nitrogen and oxygen atoms in total. The van der Waals surface area contributed by atoms with Gasteiger partial charge in [-0.3, -0.25) is 4.79 Å². The molecule has 0 spiro atoms. The molecule has 120 valence electrons. The Labute approximate surface area is 138 Å². The fourth-order valence-corrected chi connectivity index (χ4v) is 4.02. The van der Waals surface area contributed by atoms with Crippen LogP contribution in [-0.4, -0.2) is 15.7 Å². The molecule has 2 heterocycles. The predicted octanol–water partition coefficient (Wildman–Crippen LogP) is 4.26. The standard InChI is InChI=1S/C17H17ClFN3O/c18-15-7-10(19)5-6-12(15)13-8-16(23)21-17-14(13)9-20-22(17)11-3-1-2-4-11/h5-7,9,11,13H,1-4,8H2,(H,21,23)/t13-/m1/s1. The predicted molar refractivity (Wildman–Crippen MR) is 86.2 cm³/mol. The van der Waals surface area contributed by atoms with E-state index in [2.05, 4.69) is 10.4 Å². The highest BCUT2D eigenvalue weighted by Crippen LogP contribution is 2.42. The van der Waals surface area contributed by atoms with Crippen LogP contribution in [0.2, 0.25) is 5.02 Å². The SMILES string of the molecule is O=C1C[C@H](c2ccc(F)cc2Cl)c2cnn(C3CCCC3)c2N1. The molecule has 2 aliphatic rings. The van der Waals surface area contributed by atoms with Gasteiger partial charge in [0, 0.05) is 22.9 Å². The Morgan fingerprint density at radius 2 is 2.04 bits per heavy atom. The molecule has 1 aromatic carbocycles. The number of amides is 1. The van der Waals surface area contributed by atoms with Crippen LogP contribution in [-0.2, 0) is 4.79 Å². The highest BCUT2D eigenvalue weighted by atomic mass is 35.5. The molecule has 1 N–H and O–H groups in total. The van der Waals surface area contributed by atoms with E-state index in [0.717, 1.165) is 29.8 Å². The summed E-state index contributed by atoms with van der Waals surface area (Å²) in [5.74, 6) is 0.170. The average Bonchev–Trinajstić information content (AvgIpc) is 3.15. The topological polar surface area (TPSA) is 46.9 Å². The molecule has 1 aliphatic carbocycles. The molecule has 6 heteroatoms. The van der Waals surface area contributed by atoms with Crippen molar-refractivity contribution in [2.24, 2.45) is 0 Å². The second kappa shape index (κ2) is 5.64. The van der Waals surface area contributed by atoms with E-state index >= 15 is 0 Å². The van der Waals surface area contributed by atoms with Gasteiger partial charge in [0.2, 0.25) is 5.91 Å². The summed E-state index contributed by atoms with van der Waals surface area (Å²) in [7, 11) is 0. The third kappa shape index (κ3) is 2.53. The van der Waals surface area contributed by atoms with E-state index in [0.29, 0.717) is 17.5 Å². The van der Waals surface area contributed by atoms with Gasteiger partial charge < -0.3 is 5.32 Å². The van der Waals surface area contributed by atoms with Crippen LogP contribution in [0.4, 0.5) is 10.2 Å². The minimum absolute atomic E-state index is 0.0531. The van der Waals surface area contributed by atoms with E-state index in [4.69, 9.17) is 11.6 Å². The average molecular weight is 334 g/mol. The molecule has 0 unspecified atom stereocenters. The lowest BCUT2D eigenvalue weighted by Crippen LogP contribution is -2.25. The Morgan fingerprint density at radius 1 is 1.26 bits per heavy atom. The molecule has 0 bridgehead atoms. The molecule has 1 aromatic heterocycles. The number of anilines is 1. The summed E-state index contributed by atoms with van der Waals surface area (Å²) in [6.45, 7) is 0. The second-order valence-corrected chi connectivity index (χ2v) is 6.71. The van der Waals surface area contributed by atoms with Crippen LogP contribution < -0.4 is 5.32 Å². The van der Waals surface area contributed by atoms with E-state index < -0.39 is 0 Å². The molecular formula is C17H17ClFN3O. The molecule has 1 saturated carbocycles. The van der Waals surface area contributed by atoms with Crippen LogP contribution in [0.15, 0.2) is 24.4 Å². The van der Waals surface area contributed by atoms with E-state index in [1.165, 1.54) is 25.0 Å². The molecular weight excluding hydrogens is 317 g/mol. The Kier molecular flexibility index (Phi) is 3.60. The van der Waals surface area contributed by atoms with Gasteiger partial charge in [-0.2, -0.15) is 5.10 Å². The Hall–Kier alpha value is -1.88. The van der Waals surface area contributed by atoms with E-state index in [9.17, 15) is 9.18 Å². The number of halogens is 2. The highest BCUT2D eigenvalue weighted by molar-refractivity contribution is 6.31. The molecule has 1 atom stereocenters. The number of benzene rings is 1. The van der Waals surface area contributed by atoms with Gasteiger partial charge in [0.25, 0.3) is 0 Å². The minimum atomic E-state index is -0.374. The number of fused-ring (bicyclic) bond motifs is 1. The number of nitrogens with zero attached hydrogens (tertiary/aromatic N) is 2. The van der Waals surface area contributed by atoms with Crippen molar-refractivity contribution in [1.82, 2.24) is 9.78 Å². The maximum atomic E-state index is 13.3. The summed E-state index contributed by atoms with van der Waals surface area (Å²) in [6.07, 6.45) is 6.69. The van der Waals surface area contributed by atoms with Crippen molar-refractivity contribution in [2.75, 3.05) is 5.32 Å². The van der Waals surface area contributed by atoms with Gasteiger partial charge in [0.1, 0.15) is 11.6 Å². The maximum Gasteiger partial charge on any atom is 0.226 e. The van der Waals surface area contributed by atoms with Crippen molar-refractivity contribution >= 4 is 23.3 Å². The van der Waals surface area contributed by atoms with Crippen molar-refractivity contribution < 1.29 is 9.18 Å². The molecule has 1 aliphatic heterocycles. The maximum absolute atomic E-state index is 13.3. The first-order chi connectivity index (χ1) is 11.1. The number of carbonyl (C=O) groups is 1. The number of carbonyl (C=O) groups excluding carboxylic acids is 1. The monoisotopic (exact) mass is 333 g/mol. The van der Waals surface area contributed by atoms with Gasteiger partial charge in [-0.25, -0.2) is 9.07 Å². The van der Waals surface area contributed by atoms with Gasteiger partial charge in [-0.15, -0.1) is 0 Å². The van der Waals surface area contributed by atoms with E-state index in [1.54, 1.807) is 6.07 Å². The summed E-state index contributed by atoms with van der Waals surface area (Å²) in [6, 6.07) is 4.69. The van der Waals surface area contributed by atoms with E-state index in [1.807, 2.05) is 10.9 Å². The summed E-state index contributed by atoms with van der Waals surface area (Å²) in [4.78, 5) is 12.2. The smallest absolute Gasteiger partial charge is 0.226 e.